The van der Waals surface area contributed by atoms with Crippen molar-refractivity contribution in [1.29, 1.82) is 0 Å². The Morgan fingerprint density at radius 2 is 1.67 bits per heavy atom. The molecule has 1 aliphatic rings. The van der Waals surface area contributed by atoms with E-state index in [1.165, 1.54) is 36.7 Å². The van der Waals surface area contributed by atoms with Crippen molar-refractivity contribution in [3.8, 4) is 23.0 Å². The molecule has 0 unspecified atom stereocenters. The molecule has 1 amide bonds. The summed E-state index contributed by atoms with van der Waals surface area (Å²) in [6.45, 7) is 0.167. The first kappa shape index (κ1) is 25.3. The number of methoxy groups -OCH3 is 2. The smallest absolute Gasteiger partial charge is 0.243 e. The van der Waals surface area contributed by atoms with E-state index in [1.54, 1.807) is 12.1 Å². The fourth-order valence-electron chi connectivity index (χ4n) is 3.78. The molecule has 4 rings (SSSR count). The van der Waals surface area contributed by atoms with E-state index in [-0.39, 0.29) is 37.1 Å². The molecule has 0 bridgehead atoms. The van der Waals surface area contributed by atoms with E-state index in [2.05, 4.69) is 5.32 Å². The number of ether oxygens (including phenoxy) is 4. The van der Waals surface area contributed by atoms with Crippen molar-refractivity contribution < 1.29 is 32.2 Å². The van der Waals surface area contributed by atoms with Crippen LogP contribution in [0.3, 0.4) is 0 Å². The first-order valence-electron chi connectivity index (χ1n) is 11.3. The highest BCUT2D eigenvalue weighted by molar-refractivity contribution is 7.89. The SMILES string of the molecule is COc1ccc(S(=O)(=O)N(CCc2ccccc2)CC(=O)NCc2ccc3c(c2)OCO3)cc1OC. The molecule has 0 saturated heterocycles. The predicted molar refractivity (Wildman–Crippen MR) is 133 cm³/mol. The number of fused-ring (bicyclic) bond motifs is 1. The molecule has 1 aliphatic heterocycles. The van der Waals surface area contributed by atoms with Crippen LogP contribution in [0.1, 0.15) is 11.1 Å². The molecular formula is C26H28N2O7S. The van der Waals surface area contributed by atoms with Crippen molar-refractivity contribution in [1.82, 2.24) is 9.62 Å². The van der Waals surface area contributed by atoms with Crippen LogP contribution in [0.4, 0.5) is 0 Å². The Bertz CT molecular complexity index is 1310. The largest absolute Gasteiger partial charge is 0.493 e. The number of rotatable bonds is 11. The lowest BCUT2D eigenvalue weighted by Gasteiger charge is -2.22. The minimum Gasteiger partial charge on any atom is -0.493 e. The standard InChI is InChI=1S/C26H28N2O7S/c1-32-22-11-9-21(15-24(22)33-2)36(30,31)28(13-12-19-6-4-3-5-7-19)17-26(29)27-16-20-8-10-23-25(14-20)35-18-34-23/h3-11,14-15H,12-13,16-18H2,1-2H3,(H,27,29). The zero-order valence-electron chi connectivity index (χ0n) is 20.1. The van der Waals surface area contributed by atoms with E-state index in [0.717, 1.165) is 11.1 Å². The quantitative estimate of drug-likeness (QED) is 0.421. The maximum absolute atomic E-state index is 13.6. The zero-order chi connectivity index (χ0) is 25.5. The van der Waals surface area contributed by atoms with Gasteiger partial charge in [0, 0.05) is 19.2 Å². The first-order valence-corrected chi connectivity index (χ1v) is 12.8. The summed E-state index contributed by atoms with van der Waals surface area (Å²) in [5, 5.41) is 2.80. The molecule has 1 N–H and O–H groups in total. The van der Waals surface area contributed by atoms with E-state index in [1.807, 2.05) is 36.4 Å². The molecule has 1 heterocycles. The van der Waals surface area contributed by atoms with Gasteiger partial charge in [0.15, 0.2) is 23.0 Å². The van der Waals surface area contributed by atoms with Crippen LogP contribution in [0.5, 0.6) is 23.0 Å². The summed E-state index contributed by atoms with van der Waals surface area (Å²) in [4.78, 5) is 12.9. The molecule has 0 radical (unpaired) electrons. The normalized spacial score (nSPS) is 12.4. The number of carbonyl (C=O) groups excluding carboxylic acids is 1. The fourth-order valence-corrected chi connectivity index (χ4v) is 5.19. The van der Waals surface area contributed by atoms with Gasteiger partial charge in [0.1, 0.15) is 0 Å². The van der Waals surface area contributed by atoms with Gasteiger partial charge in [0.2, 0.25) is 22.7 Å². The van der Waals surface area contributed by atoms with Gasteiger partial charge in [-0.15, -0.1) is 0 Å². The number of amides is 1. The van der Waals surface area contributed by atoms with Crippen LogP contribution in [0.15, 0.2) is 71.6 Å². The van der Waals surface area contributed by atoms with Gasteiger partial charge in [-0.2, -0.15) is 4.31 Å². The lowest BCUT2D eigenvalue weighted by Crippen LogP contribution is -2.41. The molecule has 0 aliphatic carbocycles. The second-order valence-corrected chi connectivity index (χ2v) is 9.99. The minimum absolute atomic E-state index is 0.0109. The van der Waals surface area contributed by atoms with E-state index >= 15 is 0 Å². The number of nitrogens with zero attached hydrogens (tertiary/aromatic N) is 1. The topological polar surface area (TPSA) is 103 Å². The molecule has 0 spiro atoms. The summed E-state index contributed by atoms with van der Waals surface area (Å²) in [5.41, 5.74) is 1.77. The molecule has 190 valence electrons. The highest BCUT2D eigenvalue weighted by Crippen LogP contribution is 2.33. The van der Waals surface area contributed by atoms with Gasteiger partial charge < -0.3 is 24.3 Å². The summed E-state index contributed by atoms with van der Waals surface area (Å²) < 4.78 is 49.5. The Morgan fingerprint density at radius 1 is 0.917 bits per heavy atom. The van der Waals surface area contributed by atoms with Gasteiger partial charge >= 0.3 is 0 Å². The number of hydrogen-bond acceptors (Lipinski definition) is 7. The highest BCUT2D eigenvalue weighted by Gasteiger charge is 2.28. The molecular weight excluding hydrogens is 484 g/mol. The Labute approximate surface area is 210 Å². The van der Waals surface area contributed by atoms with Gasteiger partial charge in [-0.05, 0) is 41.8 Å². The van der Waals surface area contributed by atoms with Crippen molar-refractivity contribution in [3.63, 3.8) is 0 Å². The maximum atomic E-state index is 13.6. The summed E-state index contributed by atoms with van der Waals surface area (Å²) >= 11 is 0. The third kappa shape index (κ3) is 5.89. The van der Waals surface area contributed by atoms with Crippen molar-refractivity contribution >= 4 is 15.9 Å². The third-order valence-corrected chi connectivity index (χ3v) is 7.57. The number of benzene rings is 3. The molecule has 0 saturated carbocycles. The Balaban J connectivity index is 1.51. The highest BCUT2D eigenvalue weighted by atomic mass is 32.2. The van der Waals surface area contributed by atoms with Gasteiger partial charge in [-0.25, -0.2) is 8.42 Å². The lowest BCUT2D eigenvalue weighted by atomic mass is 10.1. The molecule has 9 nitrogen and oxygen atoms in total. The second kappa shape index (κ2) is 11.3. The van der Waals surface area contributed by atoms with Gasteiger partial charge in [0.25, 0.3) is 0 Å². The van der Waals surface area contributed by atoms with Crippen LogP contribution in [-0.2, 0) is 27.8 Å². The monoisotopic (exact) mass is 512 g/mol. The van der Waals surface area contributed by atoms with Gasteiger partial charge in [-0.1, -0.05) is 36.4 Å². The molecule has 3 aromatic carbocycles. The average Bonchev–Trinajstić information content (AvgIpc) is 3.38. The van der Waals surface area contributed by atoms with E-state index in [0.29, 0.717) is 23.7 Å². The van der Waals surface area contributed by atoms with Crippen LogP contribution < -0.4 is 24.3 Å². The molecule has 10 heteroatoms. The second-order valence-electron chi connectivity index (χ2n) is 8.06. The average molecular weight is 513 g/mol. The Morgan fingerprint density at radius 3 is 2.42 bits per heavy atom. The number of hydrogen-bond donors (Lipinski definition) is 1. The lowest BCUT2D eigenvalue weighted by molar-refractivity contribution is -0.121. The van der Waals surface area contributed by atoms with Crippen molar-refractivity contribution in [3.05, 3.63) is 77.9 Å². The molecule has 3 aromatic rings. The Kier molecular flexibility index (Phi) is 7.97. The van der Waals surface area contributed by atoms with E-state index < -0.39 is 15.9 Å². The van der Waals surface area contributed by atoms with Crippen molar-refractivity contribution in [2.45, 2.75) is 17.9 Å². The number of sulfonamides is 1. The summed E-state index contributed by atoms with van der Waals surface area (Å²) in [5.74, 6) is 1.54. The van der Waals surface area contributed by atoms with E-state index in [9.17, 15) is 13.2 Å². The predicted octanol–water partition coefficient (Wildman–Crippen LogP) is 2.98. The van der Waals surface area contributed by atoms with Gasteiger partial charge in [0.05, 0.1) is 25.7 Å². The Hall–Kier alpha value is -3.76. The summed E-state index contributed by atoms with van der Waals surface area (Å²) in [6, 6.07) is 19.3. The van der Waals surface area contributed by atoms with Crippen LogP contribution in [0.25, 0.3) is 0 Å². The number of carbonyl (C=O) groups is 1. The summed E-state index contributed by atoms with van der Waals surface area (Å²) in [7, 11) is -1.10. The van der Waals surface area contributed by atoms with Crippen LogP contribution in [0, 0.1) is 0 Å². The zero-order valence-corrected chi connectivity index (χ0v) is 20.9. The van der Waals surface area contributed by atoms with Crippen LogP contribution in [-0.4, -0.2) is 52.7 Å². The van der Waals surface area contributed by atoms with Gasteiger partial charge in [-0.3, -0.25) is 4.79 Å². The fraction of sp³-hybridized carbons (Fsp3) is 0.269. The maximum Gasteiger partial charge on any atom is 0.243 e. The molecule has 36 heavy (non-hydrogen) atoms. The van der Waals surface area contributed by atoms with E-state index in [4.69, 9.17) is 18.9 Å². The molecule has 0 atom stereocenters. The minimum atomic E-state index is -4.01. The molecule has 0 fully saturated rings. The summed E-state index contributed by atoms with van der Waals surface area (Å²) in [6.07, 6.45) is 0.447. The van der Waals surface area contributed by atoms with Crippen molar-refractivity contribution in [2.75, 3.05) is 34.1 Å². The third-order valence-electron chi connectivity index (χ3n) is 5.73. The number of nitrogens with one attached hydrogen (secondary N) is 1. The first-order chi connectivity index (χ1) is 17.4. The molecule has 0 aromatic heterocycles. The van der Waals surface area contributed by atoms with Crippen molar-refractivity contribution in [2.24, 2.45) is 0 Å². The van der Waals surface area contributed by atoms with Crippen LogP contribution in [0.2, 0.25) is 0 Å². The van der Waals surface area contributed by atoms with Crippen LogP contribution >= 0.6 is 0 Å².